The minimum Gasteiger partial charge on any atom is -0.508 e. The third-order valence-electron chi connectivity index (χ3n) is 2.20. The molecule has 1 radical (unpaired) electrons. The first-order chi connectivity index (χ1) is 8.17. The third kappa shape index (κ3) is 4.28. The van der Waals surface area contributed by atoms with Crippen LogP contribution in [0, 0.1) is 0 Å². The molecule has 0 saturated heterocycles. The Balaban J connectivity index is 2.71. The van der Waals surface area contributed by atoms with E-state index in [9.17, 15) is 14.7 Å². The molecular weight excluding hydrogens is 221 g/mol. The highest BCUT2D eigenvalue weighted by atomic mass is 16.5. The van der Waals surface area contributed by atoms with Gasteiger partial charge in [-0.15, -0.1) is 0 Å². The predicted octanol–water partition coefficient (Wildman–Crippen LogP) is -0.125. The molecule has 0 amide bonds. The molecule has 0 aliphatic rings. The number of phenolic OH excluding ortho intramolecular Hbond substituents is 1. The summed E-state index contributed by atoms with van der Waals surface area (Å²) in [6, 6.07) is 5.91. The van der Waals surface area contributed by atoms with Gasteiger partial charge in [0.05, 0.1) is 13.3 Å². The Morgan fingerprint density at radius 1 is 1.65 bits per heavy atom. The zero-order chi connectivity index (χ0) is 12.7. The molecule has 0 spiro atoms. The maximum atomic E-state index is 11.4. The van der Waals surface area contributed by atoms with E-state index in [0.717, 1.165) is 13.0 Å². The first kappa shape index (κ1) is 13.3. The minimum atomic E-state index is -0.646. The smallest absolute Gasteiger partial charge is 0.322 e. The molecule has 0 aliphatic heterocycles. The Morgan fingerprint density at radius 2 is 2.41 bits per heavy atom. The minimum absolute atomic E-state index is 0.130. The summed E-state index contributed by atoms with van der Waals surface area (Å²) in [5, 5.41) is 11.9. The van der Waals surface area contributed by atoms with Crippen molar-refractivity contribution in [2.75, 3.05) is 7.11 Å². The van der Waals surface area contributed by atoms with E-state index in [-0.39, 0.29) is 5.75 Å². The average Bonchev–Trinajstić information content (AvgIpc) is 2.33. The number of rotatable bonds is 6. The van der Waals surface area contributed by atoms with Crippen LogP contribution in [0.15, 0.2) is 24.3 Å². The maximum absolute atomic E-state index is 11.4. The molecule has 89 valence electrons. The second kappa shape index (κ2) is 6.70. The number of carbonyl (C=O) groups is 2. The number of hydrogen-bond donors (Lipinski definition) is 2. The van der Waals surface area contributed by atoms with Gasteiger partial charge in [-0.1, -0.05) is 12.1 Å². The first-order valence-electron chi connectivity index (χ1n) is 5.06. The van der Waals surface area contributed by atoms with Gasteiger partial charge in [0.15, 0.2) is 0 Å². The zero-order valence-electron chi connectivity index (χ0n) is 9.42. The number of nitrogens with one attached hydrogen (secondary N) is 1. The van der Waals surface area contributed by atoms with Crippen molar-refractivity contribution in [3.63, 3.8) is 0 Å². The summed E-state index contributed by atoms with van der Waals surface area (Å²) in [7, 11) is 2.42. The Bertz CT molecular complexity index is 397. The second-order valence-electron chi connectivity index (χ2n) is 3.42. The molecule has 0 aliphatic carbocycles. The van der Waals surface area contributed by atoms with E-state index >= 15 is 0 Å². The van der Waals surface area contributed by atoms with Crippen molar-refractivity contribution < 1.29 is 19.4 Å². The molecule has 1 atom stereocenters. The van der Waals surface area contributed by atoms with Crippen LogP contribution in [0.2, 0.25) is 0 Å². The molecule has 0 heterocycles. The quantitative estimate of drug-likeness (QED) is 0.407. The first-order valence-corrected chi connectivity index (χ1v) is 5.06. The Kier molecular flexibility index (Phi) is 5.22. The summed E-state index contributed by atoms with van der Waals surface area (Å²) in [6.07, 6.45) is 0.879. The Hall–Kier alpha value is -1.82. The molecule has 17 heavy (non-hydrogen) atoms. The van der Waals surface area contributed by atoms with E-state index in [1.165, 1.54) is 7.11 Å². The van der Waals surface area contributed by atoms with E-state index < -0.39 is 12.0 Å². The molecule has 5 nitrogen and oxygen atoms in total. The van der Waals surface area contributed by atoms with Gasteiger partial charge >= 0.3 is 5.97 Å². The van der Waals surface area contributed by atoms with Crippen LogP contribution < -0.4 is 5.23 Å². The van der Waals surface area contributed by atoms with Gasteiger partial charge in [-0.05, 0) is 24.1 Å². The number of esters is 1. The van der Waals surface area contributed by atoms with Crippen molar-refractivity contribution in [2.45, 2.75) is 12.5 Å². The Morgan fingerprint density at radius 3 is 3.00 bits per heavy atom. The third-order valence-corrected chi connectivity index (χ3v) is 2.20. The number of benzene rings is 1. The lowest BCUT2D eigenvalue weighted by Gasteiger charge is -2.14. The molecule has 2 N–H and O–H groups in total. The molecular formula is C11H13BNO4. The van der Waals surface area contributed by atoms with Crippen LogP contribution in [-0.4, -0.2) is 37.8 Å². The average molecular weight is 234 g/mol. The number of ether oxygens (including phenoxy) is 1. The zero-order valence-corrected chi connectivity index (χ0v) is 9.42. The van der Waals surface area contributed by atoms with Crippen LogP contribution in [0.3, 0.4) is 0 Å². The summed E-state index contributed by atoms with van der Waals surface area (Å²) in [5.74, 6) is -0.336. The van der Waals surface area contributed by atoms with Gasteiger partial charge in [-0.2, -0.15) is 0 Å². The van der Waals surface area contributed by atoms with Crippen molar-refractivity contribution in [3.8, 4) is 5.75 Å². The summed E-state index contributed by atoms with van der Waals surface area (Å²) >= 11 is 0. The van der Waals surface area contributed by atoms with Gasteiger partial charge in [0.1, 0.15) is 11.8 Å². The van der Waals surface area contributed by atoms with Gasteiger partial charge in [0.2, 0.25) is 0 Å². The van der Waals surface area contributed by atoms with Gasteiger partial charge in [0, 0.05) is 0 Å². The van der Waals surface area contributed by atoms with Crippen LogP contribution in [0.25, 0.3) is 0 Å². The van der Waals surface area contributed by atoms with Crippen LogP contribution in [0.5, 0.6) is 5.75 Å². The molecule has 0 fully saturated rings. The number of aromatic hydroxyl groups is 1. The van der Waals surface area contributed by atoms with E-state index in [0.29, 0.717) is 12.6 Å². The fourth-order valence-electron chi connectivity index (χ4n) is 1.43. The predicted molar refractivity (Wildman–Crippen MR) is 63.3 cm³/mol. The van der Waals surface area contributed by atoms with Gasteiger partial charge < -0.3 is 19.9 Å². The largest absolute Gasteiger partial charge is 0.508 e. The highest BCUT2D eigenvalue weighted by Crippen LogP contribution is 2.12. The monoisotopic (exact) mass is 234 g/mol. The lowest BCUT2D eigenvalue weighted by molar-refractivity contribution is -0.142. The van der Waals surface area contributed by atoms with Crippen molar-refractivity contribution in [3.05, 3.63) is 29.8 Å². The summed E-state index contributed by atoms with van der Waals surface area (Å²) in [6.45, 7) is 0. The molecule has 1 aromatic carbocycles. The fraction of sp³-hybridized carbons (Fsp3) is 0.273. The molecule has 6 heteroatoms. The highest BCUT2D eigenvalue weighted by molar-refractivity contribution is 6.64. The topological polar surface area (TPSA) is 75.6 Å². The SMILES string of the molecule is COC(=O)[C@H](Cc1cccc(O)c1)N[B]C=O. The van der Waals surface area contributed by atoms with E-state index in [2.05, 4.69) is 9.96 Å². The van der Waals surface area contributed by atoms with Crippen molar-refractivity contribution in [1.29, 1.82) is 0 Å². The van der Waals surface area contributed by atoms with Crippen molar-refractivity contribution in [2.24, 2.45) is 0 Å². The molecule has 0 aromatic heterocycles. The summed E-state index contributed by atoms with van der Waals surface area (Å²) in [4.78, 5) is 21.6. The number of phenols is 1. The van der Waals surface area contributed by atoms with Crippen molar-refractivity contribution in [1.82, 2.24) is 5.23 Å². The summed E-state index contributed by atoms with van der Waals surface area (Å²) < 4.78 is 4.61. The van der Waals surface area contributed by atoms with Crippen LogP contribution >= 0.6 is 0 Å². The number of hydrogen-bond acceptors (Lipinski definition) is 5. The highest BCUT2D eigenvalue weighted by Gasteiger charge is 2.18. The maximum Gasteiger partial charge on any atom is 0.322 e. The van der Waals surface area contributed by atoms with E-state index in [1.807, 2.05) is 0 Å². The van der Waals surface area contributed by atoms with Crippen LogP contribution in [0.1, 0.15) is 5.56 Å². The normalized spacial score (nSPS) is 11.6. The molecule has 0 bridgehead atoms. The van der Waals surface area contributed by atoms with Crippen LogP contribution in [0.4, 0.5) is 0 Å². The number of carbonyl (C=O) groups excluding carboxylic acids is 2. The molecule has 1 rings (SSSR count). The fourth-order valence-corrected chi connectivity index (χ4v) is 1.43. The molecule has 0 saturated carbocycles. The van der Waals surface area contributed by atoms with Gasteiger partial charge in [-0.25, -0.2) is 0 Å². The lowest BCUT2D eigenvalue weighted by atomic mass is 9.94. The standard InChI is InChI=1S/C11H13BNO4/c1-17-11(16)10(13-12-7-14)6-8-3-2-4-9(15)5-8/h2-5,7,10,13,15H,6H2,1H3/t10-/m0/s1. The van der Waals surface area contributed by atoms with E-state index in [4.69, 9.17) is 0 Å². The van der Waals surface area contributed by atoms with Crippen LogP contribution in [-0.2, 0) is 20.7 Å². The van der Waals surface area contributed by atoms with Gasteiger partial charge in [0.25, 0.3) is 7.41 Å². The number of methoxy groups -OCH3 is 1. The molecule has 0 unspecified atom stereocenters. The lowest BCUT2D eigenvalue weighted by Crippen LogP contribution is -2.42. The van der Waals surface area contributed by atoms with Crippen molar-refractivity contribution >= 4 is 19.6 Å². The molecule has 1 aromatic rings. The Labute approximate surface area is 100 Å². The van der Waals surface area contributed by atoms with Gasteiger partial charge in [-0.3, -0.25) is 4.79 Å². The second-order valence-corrected chi connectivity index (χ2v) is 3.42. The summed E-state index contributed by atoms with van der Waals surface area (Å²) in [5.41, 5.74) is 0.771. The van der Waals surface area contributed by atoms with E-state index in [1.54, 1.807) is 24.3 Å².